The molecule has 62 heavy (non-hydrogen) atoms. The van der Waals surface area contributed by atoms with Gasteiger partial charge in [0.1, 0.15) is 29.9 Å². The molecule has 2 N–H and O–H groups in total. The van der Waals surface area contributed by atoms with Crippen molar-refractivity contribution in [2.24, 2.45) is 0 Å². The SMILES string of the molecule is CC(=O)O[C@H]1C[C@H](n2cc(/C=C/Br)c(=O)[nH]c2=O)O[C@@H]1COP(=O)(O)OP(=O)(OCc1ccc(OC(=O)c2ccccc2)cc1)OCc1ccc(OC(=O)c2ccccc2)cc1. The highest BCUT2D eigenvalue weighted by atomic mass is 79.9. The smallest absolute Gasteiger partial charge is 0.460 e. The van der Waals surface area contributed by atoms with E-state index in [2.05, 4.69) is 20.9 Å². The van der Waals surface area contributed by atoms with Crippen LogP contribution in [0.1, 0.15) is 57.0 Å². The van der Waals surface area contributed by atoms with Crippen molar-refractivity contribution in [1.82, 2.24) is 9.55 Å². The summed E-state index contributed by atoms with van der Waals surface area (Å²) in [4.78, 5) is 76.3. The summed E-state index contributed by atoms with van der Waals surface area (Å²) in [7, 11) is -10.4. The lowest BCUT2D eigenvalue weighted by molar-refractivity contribution is -0.150. The number of carbonyl (C=O) groups excluding carboxylic acids is 3. The van der Waals surface area contributed by atoms with Gasteiger partial charge in [0, 0.05) is 19.5 Å². The third kappa shape index (κ3) is 13.0. The number of hydrogen-bond acceptors (Lipinski definition) is 15. The molecule has 2 heterocycles. The molecular weight excluding hydrogens is 918 g/mol. The predicted octanol–water partition coefficient (Wildman–Crippen LogP) is 7.24. The topological polar surface area (TPSA) is 234 Å². The molecule has 5 aromatic rings. The van der Waals surface area contributed by atoms with E-state index < -0.39 is 83.1 Å². The average Bonchev–Trinajstić information content (AvgIpc) is 3.65. The average molecular weight is 956 g/mol. The molecule has 1 aliphatic heterocycles. The van der Waals surface area contributed by atoms with Gasteiger partial charge in [0.05, 0.1) is 36.5 Å². The van der Waals surface area contributed by atoms with Gasteiger partial charge in [0.25, 0.3) is 5.56 Å². The first-order chi connectivity index (χ1) is 29.7. The minimum absolute atomic E-state index is 0.0858. The van der Waals surface area contributed by atoms with Gasteiger partial charge in [0.15, 0.2) is 0 Å². The summed E-state index contributed by atoms with van der Waals surface area (Å²) in [6, 6.07) is 28.4. The van der Waals surface area contributed by atoms with Gasteiger partial charge in [-0.1, -0.05) is 76.6 Å². The Morgan fingerprint density at radius 1 is 0.806 bits per heavy atom. The van der Waals surface area contributed by atoms with Gasteiger partial charge in [-0.2, -0.15) is 4.31 Å². The van der Waals surface area contributed by atoms with E-state index in [1.54, 1.807) is 60.7 Å². The van der Waals surface area contributed by atoms with E-state index in [9.17, 15) is 38.0 Å². The number of halogens is 1. The predicted molar refractivity (Wildman–Crippen MR) is 223 cm³/mol. The molecule has 1 aliphatic rings. The normalized spacial score (nSPS) is 17.3. The van der Waals surface area contributed by atoms with Gasteiger partial charge >= 0.3 is 39.2 Å². The van der Waals surface area contributed by atoms with Crippen LogP contribution in [-0.2, 0) is 54.5 Å². The molecule has 0 saturated carbocycles. The Labute approximate surface area is 361 Å². The van der Waals surface area contributed by atoms with Crippen LogP contribution in [0.15, 0.2) is 130 Å². The zero-order valence-corrected chi connectivity index (χ0v) is 35.9. The maximum Gasteiger partial charge on any atom is 0.484 e. The van der Waals surface area contributed by atoms with Crippen LogP contribution in [0.3, 0.4) is 0 Å². The van der Waals surface area contributed by atoms with Crippen molar-refractivity contribution in [3.8, 4) is 11.5 Å². The molecule has 4 aromatic carbocycles. The molecule has 1 aromatic heterocycles. The summed E-state index contributed by atoms with van der Waals surface area (Å²) in [6.07, 6.45) is -1.04. The van der Waals surface area contributed by atoms with E-state index >= 15 is 0 Å². The lowest BCUT2D eigenvalue weighted by Crippen LogP contribution is -2.33. The van der Waals surface area contributed by atoms with Crippen LogP contribution < -0.4 is 20.7 Å². The molecular formula is C41H37BrN2O16P2. The number of H-pyrrole nitrogens is 1. The van der Waals surface area contributed by atoms with Crippen LogP contribution in [0.25, 0.3) is 6.08 Å². The van der Waals surface area contributed by atoms with Crippen molar-refractivity contribution < 1.29 is 65.2 Å². The van der Waals surface area contributed by atoms with Crippen molar-refractivity contribution in [1.29, 1.82) is 0 Å². The van der Waals surface area contributed by atoms with E-state index in [0.717, 1.165) is 11.5 Å². The molecule has 18 nitrogen and oxygen atoms in total. The largest absolute Gasteiger partial charge is 0.484 e. The number of rotatable bonds is 18. The minimum atomic E-state index is -5.38. The maximum atomic E-state index is 14.1. The monoisotopic (exact) mass is 954 g/mol. The highest BCUT2D eigenvalue weighted by Gasteiger charge is 2.43. The fourth-order valence-electron chi connectivity index (χ4n) is 5.76. The van der Waals surface area contributed by atoms with E-state index in [1.165, 1.54) is 65.8 Å². The lowest BCUT2D eigenvalue weighted by Gasteiger charge is -2.23. The Morgan fingerprint density at radius 2 is 1.32 bits per heavy atom. The number of carbonyl (C=O) groups is 3. The lowest BCUT2D eigenvalue weighted by atomic mass is 10.2. The van der Waals surface area contributed by atoms with Crippen LogP contribution in [0.4, 0.5) is 0 Å². The summed E-state index contributed by atoms with van der Waals surface area (Å²) in [6.45, 7) is -0.668. The molecule has 1 fully saturated rings. The van der Waals surface area contributed by atoms with E-state index in [1.807, 2.05) is 0 Å². The molecule has 0 radical (unpaired) electrons. The van der Waals surface area contributed by atoms with Crippen molar-refractivity contribution in [2.75, 3.05) is 6.61 Å². The zero-order valence-electron chi connectivity index (χ0n) is 32.5. The standard InChI is InChI=1S/C41H37BrN2O16P2/c1-27(45)56-35-22-37(44-23-32(20-21-42)38(46)43-41(44)49)59-36(35)26-53-61(50,51)60-62(52,54-24-28-12-16-33(17-13-28)57-39(47)30-8-4-2-5-9-30)55-25-29-14-18-34(19-15-29)58-40(48)31-10-6-3-7-11-31/h2-21,23,35-37H,22,24-26H2,1H3,(H,50,51)(H,43,46,49)/b21-20+/t35-,36+,37+/m0/s1. The van der Waals surface area contributed by atoms with Crippen molar-refractivity contribution >= 4 is 55.6 Å². The van der Waals surface area contributed by atoms with E-state index in [4.69, 9.17) is 36.8 Å². The number of nitrogens with zero attached hydrogens (tertiary/aromatic N) is 1. The van der Waals surface area contributed by atoms with Gasteiger partial charge < -0.3 is 23.8 Å². The van der Waals surface area contributed by atoms with E-state index in [-0.39, 0.29) is 23.5 Å². The number of aromatic nitrogens is 2. The second-order valence-corrected chi connectivity index (χ2v) is 17.0. The number of nitrogens with one attached hydrogen (secondary N) is 1. The Balaban J connectivity index is 1.15. The Hall–Kier alpha value is -5.59. The Kier molecular flexibility index (Phi) is 15.5. The van der Waals surface area contributed by atoms with Crippen molar-refractivity contribution in [2.45, 2.75) is 45.0 Å². The molecule has 0 aliphatic carbocycles. The molecule has 6 rings (SSSR count). The molecule has 1 saturated heterocycles. The Morgan fingerprint density at radius 3 is 1.81 bits per heavy atom. The molecule has 324 valence electrons. The highest BCUT2D eigenvalue weighted by Crippen LogP contribution is 2.64. The quantitative estimate of drug-likeness (QED) is 0.0500. The number of esters is 3. The van der Waals surface area contributed by atoms with Crippen LogP contribution >= 0.6 is 31.6 Å². The molecule has 4 atom stereocenters. The van der Waals surface area contributed by atoms with Crippen LogP contribution in [0.5, 0.6) is 11.5 Å². The number of phosphoric ester groups is 2. The fraction of sp³-hybridized carbons (Fsp3) is 0.195. The number of ether oxygens (including phenoxy) is 4. The first-order valence-corrected chi connectivity index (χ1v) is 22.3. The first-order valence-electron chi connectivity index (χ1n) is 18.4. The molecule has 0 spiro atoms. The fourth-order valence-corrected chi connectivity index (χ4v) is 8.64. The van der Waals surface area contributed by atoms with Crippen LogP contribution in [0, 0.1) is 0 Å². The van der Waals surface area contributed by atoms with Gasteiger partial charge in [-0.25, -0.2) is 23.5 Å². The summed E-state index contributed by atoms with van der Waals surface area (Å²) < 4.78 is 71.9. The summed E-state index contributed by atoms with van der Waals surface area (Å²) >= 11 is 3.07. The highest BCUT2D eigenvalue weighted by molar-refractivity contribution is 9.11. The van der Waals surface area contributed by atoms with Gasteiger partial charge in [-0.15, -0.1) is 0 Å². The van der Waals surface area contributed by atoms with Crippen molar-refractivity contribution in [3.05, 3.63) is 169 Å². The number of aromatic amines is 1. The third-order valence-electron chi connectivity index (χ3n) is 8.72. The molecule has 0 bridgehead atoms. The second-order valence-electron chi connectivity index (χ2n) is 13.2. The van der Waals surface area contributed by atoms with Crippen molar-refractivity contribution in [3.63, 3.8) is 0 Å². The molecule has 0 amide bonds. The number of phosphoric acid groups is 2. The molecule has 1 unspecified atom stereocenters. The third-order valence-corrected chi connectivity index (χ3v) is 12.0. The maximum absolute atomic E-state index is 14.1. The zero-order chi connectivity index (χ0) is 44.3. The number of hydrogen-bond donors (Lipinski definition) is 2. The van der Waals surface area contributed by atoms with Gasteiger partial charge in [-0.3, -0.25) is 32.7 Å². The molecule has 21 heteroatoms. The summed E-state index contributed by atoms with van der Waals surface area (Å²) in [5.74, 6) is -1.55. The summed E-state index contributed by atoms with van der Waals surface area (Å²) in [5.41, 5.74) is -0.0531. The van der Waals surface area contributed by atoms with Gasteiger partial charge in [-0.05, 0) is 70.7 Å². The first kappa shape index (κ1) is 45.9. The number of benzene rings is 4. The summed E-state index contributed by atoms with van der Waals surface area (Å²) in [5, 5.41) is 0. The minimum Gasteiger partial charge on any atom is -0.460 e. The van der Waals surface area contributed by atoms with E-state index in [0.29, 0.717) is 22.3 Å². The second kappa shape index (κ2) is 21.0. The Bertz CT molecular complexity index is 2500. The van der Waals surface area contributed by atoms with Crippen LogP contribution in [0.2, 0.25) is 0 Å². The van der Waals surface area contributed by atoms with Gasteiger partial charge in [0.2, 0.25) is 0 Å². The van der Waals surface area contributed by atoms with Crippen LogP contribution in [-0.4, -0.2) is 51.2 Å².